The minimum Gasteiger partial charge on any atom is -0.495 e. The lowest BCUT2D eigenvalue weighted by atomic mass is 10.1. The van der Waals surface area contributed by atoms with Crippen LogP contribution >= 0.6 is 0 Å². The van der Waals surface area contributed by atoms with E-state index in [2.05, 4.69) is 5.16 Å². The first-order valence-electron chi connectivity index (χ1n) is 9.94. The molecule has 31 heavy (non-hydrogen) atoms. The summed E-state index contributed by atoms with van der Waals surface area (Å²) in [6.45, 7) is 4.97. The van der Waals surface area contributed by atoms with E-state index in [4.69, 9.17) is 9.26 Å². The van der Waals surface area contributed by atoms with E-state index in [1.807, 2.05) is 18.7 Å². The highest BCUT2D eigenvalue weighted by Gasteiger charge is 2.32. The Morgan fingerprint density at radius 2 is 1.77 bits per heavy atom. The smallest absolute Gasteiger partial charge is 0.246 e. The molecule has 2 aromatic carbocycles. The Balaban J connectivity index is 1.62. The summed E-state index contributed by atoms with van der Waals surface area (Å²) in [6.07, 6.45) is 0. The largest absolute Gasteiger partial charge is 0.495 e. The fourth-order valence-electron chi connectivity index (χ4n) is 3.72. The zero-order valence-electron chi connectivity index (χ0n) is 17.6. The molecule has 1 aliphatic rings. The van der Waals surface area contributed by atoms with Crippen molar-refractivity contribution in [3.8, 4) is 17.1 Å². The van der Waals surface area contributed by atoms with E-state index in [-0.39, 0.29) is 29.6 Å². The van der Waals surface area contributed by atoms with Gasteiger partial charge in [0.2, 0.25) is 10.0 Å². The second-order valence-corrected chi connectivity index (χ2v) is 9.34. The molecule has 0 amide bonds. The lowest BCUT2D eigenvalue weighted by Gasteiger charge is -2.35. The van der Waals surface area contributed by atoms with Gasteiger partial charge < -0.3 is 14.2 Å². The quantitative estimate of drug-likeness (QED) is 0.597. The molecular formula is C22H24FN3O4S. The van der Waals surface area contributed by atoms with Gasteiger partial charge >= 0.3 is 0 Å². The van der Waals surface area contributed by atoms with Crippen LogP contribution in [0.15, 0.2) is 51.9 Å². The monoisotopic (exact) mass is 445 g/mol. The number of nitrogens with zero attached hydrogens (tertiary/aromatic N) is 3. The number of rotatable bonds is 5. The maximum Gasteiger partial charge on any atom is 0.246 e. The van der Waals surface area contributed by atoms with E-state index >= 15 is 0 Å². The van der Waals surface area contributed by atoms with E-state index < -0.39 is 10.0 Å². The molecule has 0 aliphatic carbocycles. The van der Waals surface area contributed by atoms with Crippen molar-refractivity contribution in [2.45, 2.75) is 18.7 Å². The van der Waals surface area contributed by atoms with E-state index in [1.54, 1.807) is 36.4 Å². The Hall–Kier alpha value is -2.91. The van der Waals surface area contributed by atoms with Crippen molar-refractivity contribution in [3.63, 3.8) is 0 Å². The summed E-state index contributed by atoms with van der Waals surface area (Å²) in [6, 6.07) is 11.4. The topological polar surface area (TPSA) is 75.9 Å². The number of anilines is 1. The van der Waals surface area contributed by atoms with Gasteiger partial charge in [-0.05, 0) is 44.2 Å². The molecule has 1 aromatic heterocycles. The number of halogens is 1. The minimum atomic E-state index is -3.83. The van der Waals surface area contributed by atoms with Crippen LogP contribution in [0.2, 0.25) is 0 Å². The number of hydrogen-bond acceptors (Lipinski definition) is 6. The first kappa shape index (κ1) is 21.3. The third-order valence-electron chi connectivity index (χ3n) is 5.63. The molecule has 164 valence electrons. The third-order valence-corrected chi connectivity index (χ3v) is 7.55. The molecule has 2 heterocycles. The van der Waals surface area contributed by atoms with E-state index in [0.717, 1.165) is 11.3 Å². The van der Waals surface area contributed by atoms with Crippen molar-refractivity contribution in [1.82, 2.24) is 9.46 Å². The summed E-state index contributed by atoms with van der Waals surface area (Å²) in [7, 11) is -2.39. The molecule has 0 spiro atoms. The van der Waals surface area contributed by atoms with Gasteiger partial charge in [-0.2, -0.15) is 4.31 Å². The normalized spacial score (nSPS) is 15.3. The molecule has 9 heteroatoms. The fraction of sp³-hybridized carbons (Fsp3) is 0.318. The molecule has 1 saturated heterocycles. The Morgan fingerprint density at radius 3 is 2.39 bits per heavy atom. The Morgan fingerprint density at radius 1 is 1.06 bits per heavy atom. The van der Waals surface area contributed by atoms with Crippen LogP contribution in [0.1, 0.15) is 11.3 Å². The summed E-state index contributed by atoms with van der Waals surface area (Å²) in [4.78, 5) is 1.93. The van der Waals surface area contributed by atoms with Crippen LogP contribution in [0.3, 0.4) is 0 Å². The summed E-state index contributed by atoms with van der Waals surface area (Å²) in [5, 5.41) is 3.96. The van der Waals surface area contributed by atoms with Gasteiger partial charge in [-0.3, -0.25) is 0 Å². The average Bonchev–Trinajstić information content (AvgIpc) is 3.12. The zero-order chi connectivity index (χ0) is 22.2. The van der Waals surface area contributed by atoms with Crippen molar-refractivity contribution in [1.29, 1.82) is 0 Å². The van der Waals surface area contributed by atoms with Gasteiger partial charge in [-0.25, -0.2) is 12.8 Å². The van der Waals surface area contributed by atoms with Crippen LogP contribution in [-0.4, -0.2) is 51.2 Å². The lowest BCUT2D eigenvalue weighted by molar-refractivity contribution is 0.373. The summed E-state index contributed by atoms with van der Waals surface area (Å²) < 4.78 is 53.2. The first-order chi connectivity index (χ1) is 14.8. The van der Waals surface area contributed by atoms with Crippen LogP contribution in [-0.2, 0) is 10.0 Å². The number of ether oxygens (including phenoxy) is 1. The number of sulfonamides is 1. The maximum absolute atomic E-state index is 14.1. The summed E-state index contributed by atoms with van der Waals surface area (Å²) in [5.41, 5.74) is 2.70. The Kier molecular flexibility index (Phi) is 5.72. The molecule has 7 nitrogen and oxygen atoms in total. The molecule has 4 rings (SSSR count). The van der Waals surface area contributed by atoms with E-state index in [0.29, 0.717) is 30.1 Å². The Labute approximate surface area is 181 Å². The molecule has 0 unspecified atom stereocenters. The number of methoxy groups -OCH3 is 1. The maximum atomic E-state index is 14.1. The molecule has 0 saturated carbocycles. The van der Waals surface area contributed by atoms with Crippen molar-refractivity contribution in [3.05, 3.63) is 59.5 Å². The lowest BCUT2D eigenvalue weighted by Crippen LogP contribution is -2.49. The van der Waals surface area contributed by atoms with Gasteiger partial charge in [0, 0.05) is 37.3 Å². The molecule has 0 radical (unpaired) electrons. The van der Waals surface area contributed by atoms with Gasteiger partial charge in [0.25, 0.3) is 0 Å². The first-order valence-corrected chi connectivity index (χ1v) is 11.4. The number of para-hydroxylation sites is 1. The van der Waals surface area contributed by atoms with Crippen molar-refractivity contribution >= 4 is 15.7 Å². The van der Waals surface area contributed by atoms with Gasteiger partial charge in [0.15, 0.2) is 5.76 Å². The van der Waals surface area contributed by atoms with Crippen LogP contribution in [0.25, 0.3) is 11.3 Å². The van der Waals surface area contributed by atoms with Gasteiger partial charge in [0.05, 0.1) is 18.5 Å². The molecule has 3 aromatic rings. The molecule has 0 atom stereocenters. The number of aromatic nitrogens is 1. The second-order valence-electron chi connectivity index (χ2n) is 7.43. The highest BCUT2D eigenvalue weighted by molar-refractivity contribution is 7.89. The predicted molar refractivity (Wildman–Crippen MR) is 115 cm³/mol. The summed E-state index contributed by atoms with van der Waals surface area (Å²) >= 11 is 0. The standard InChI is InChI=1S/C22H24FN3O4S/c1-15-16(2)24-30-22(15)17-8-9-20(29-3)21(14-17)31(27,28)26-12-10-25(11-13-26)19-7-5-4-6-18(19)23/h4-9,14H,10-13H2,1-3H3. The van der Waals surface area contributed by atoms with Crippen LogP contribution in [0, 0.1) is 19.7 Å². The fourth-order valence-corrected chi connectivity index (χ4v) is 5.32. The Bertz CT molecular complexity index is 1200. The van der Waals surface area contributed by atoms with Crippen molar-refractivity contribution in [2.75, 3.05) is 38.2 Å². The van der Waals surface area contributed by atoms with Crippen molar-refractivity contribution < 1.29 is 22.1 Å². The molecule has 0 bridgehead atoms. The van der Waals surface area contributed by atoms with Crippen LogP contribution in [0.5, 0.6) is 5.75 Å². The number of piperazine rings is 1. The third kappa shape index (κ3) is 3.90. The SMILES string of the molecule is COc1ccc(-c2onc(C)c2C)cc1S(=O)(=O)N1CCN(c2ccccc2F)CC1. The number of benzene rings is 2. The van der Waals surface area contributed by atoms with Gasteiger partial charge in [-0.15, -0.1) is 0 Å². The van der Waals surface area contributed by atoms with E-state index in [1.165, 1.54) is 17.5 Å². The molecular weight excluding hydrogens is 421 g/mol. The zero-order valence-corrected chi connectivity index (χ0v) is 18.4. The highest BCUT2D eigenvalue weighted by Crippen LogP contribution is 2.34. The molecule has 1 aliphatic heterocycles. The number of aryl methyl sites for hydroxylation is 1. The highest BCUT2D eigenvalue weighted by atomic mass is 32.2. The summed E-state index contributed by atoms with van der Waals surface area (Å²) in [5.74, 6) is 0.473. The van der Waals surface area contributed by atoms with Crippen molar-refractivity contribution in [2.24, 2.45) is 0 Å². The van der Waals surface area contributed by atoms with E-state index in [9.17, 15) is 12.8 Å². The molecule has 1 fully saturated rings. The predicted octanol–water partition coefficient (Wildman–Crippen LogP) is 3.62. The number of hydrogen-bond donors (Lipinski definition) is 0. The van der Waals surface area contributed by atoms with Crippen LogP contribution in [0.4, 0.5) is 10.1 Å². The van der Waals surface area contributed by atoms with Gasteiger partial charge in [0.1, 0.15) is 16.5 Å². The van der Waals surface area contributed by atoms with Gasteiger partial charge in [-0.1, -0.05) is 17.3 Å². The minimum absolute atomic E-state index is 0.0697. The second kappa shape index (κ2) is 8.32. The average molecular weight is 446 g/mol. The molecule has 0 N–H and O–H groups in total. The van der Waals surface area contributed by atoms with Crippen LogP contribution < -0.4 is 9.64 Å².